The van der Waals surface area contributed by atoms with E-state index in [4.69, 9.17) is 0 Å². The average molecular weight is 222 g/mol. The van der Waals surface area contributed by atoms with Gasteiger partial charge in [-0.2, -0.15) is 0 Å². The SMILES string of the molecule is C=CC(=O)NC(C)CC.C=CC(N)=O.[H-].[Na+]. The van der Waals surface area contributed by atoms with Gasteiger partial charge in [-0.05, 0) is 25.5 Å². The number of nitrogens with one attached hydrogen (secondary N) is 1. The van der Waals surface area contributed by atoms with Gasteiger partial charge in [0.05, 0.1) is 0 Å². The summed E-state index contributed by atoms with van der Waals surface area (Å²) in [7, 11) is 0. The van der Waals surface area contributed by atoms with Gasteiger partial charge in [0.1, 0.15) is 0 Å². The molecule has 3 N–H and O–H groups in total. The van der Waals surface area contributed by atoms with Crippen LogP contribution in [0.5, 0.6) is 0 Å². The molecule has 0 saturated carbocycles. The summed E-state index contributed by atoms with van der Waals surface area (Å²) in [6.45, 7) is 10.4. The number of hydrogen-bond donors (Lipinski definition) is 2. The van der Waals surface area contributed by atoms with Crippen LogP contribution in [0.1, 0.15) is 21.7 Å². The average Bonchev–Trinajstić information content (AvgIpc) is 2.18. The molecule has 5 heteroatoms. The fourth-order valence-electron chi connectivity index (χ4n) is 0.404. The van der Waals surface area contributed by atoms with Crippen molar-refractivity contribution in [2.45, 2.75) is 26.3 Å². The third-order valence-corrected chi connectivity index (χ3v) is 1.39. The zero-order valence-electron chi connectivity index (χ0n) is 10.7. The molecule has 82 valence electrons. The first kappa shape index (κ1) is 19.9. The van der Waals surface area contributed by atoms with Gasteiger partial charge in [0.15, 0.2) is 0 Å². The zero-order chi connectivity index (χ0) is 11.6. The molecule has 0 saturated heterocycles. The van der Waals surface area contributed by atoms with Crippen LogP contribution in [0.4, 0.5) is 0 Å². The van der Waals surface area contributed by atoms with Crippen LogP contribution in [0.15, 0.2) is 25.3 Å². The van der Waals surface area contributed by atoms with E-state index in [-0.39, 0.29) is 42.9 Å². The third kappa shape index (κ3) is 19.7. The van der Waals surface area contributed by atoms with Crippen molar-refractivity contribution >= 4 is 11.8 Å². The molecule has 0 fully saturated rings. The predicted octanol–water partition coefficient (Wildman–Crippen LogP) is -2.14. The van der Waals surface area contributed by atoms with Gasteiger partial charge in [0.2, 0.25) is 11.8 Å². The Hall–Kier alpha value is -0.580. The second kappa shape index (κ2) is 13.4. The topological polar surface area (TPSA) is 72.2 Å². The number of carbonyl (C=O) groups is 2. The van der Waals surface area contributed by atoms with Crippen molar-refractivity contribution in [3.05, 3.63) is 25.3 Å². The van der Waals surface area contributed by atoms with E-state index in [1.165, 1.54) is 6.08 Å². The molecular formula is C10H19N2NaO2. The predicted molar refractivity (Wildman–Crippen MR) is 58.6 cm³/mol. The van der Waals surface area contributed by atoms with Crippen LogP contribution in [0, 0.1) is 0 Å². The summed E-state index contributed by atoms with van der Waals surface area (Å²) in [6, 6.07) is 0.260. The molecule has 0 aliphatic rings. The Kier molecular flexibility index (Phi) is 17.8. The molecule has 0 radical (unpaired) electrons. The maximum absolute atomic E-state index is 10.6. The maximum Gasteiger partial charge on any atom is 1.00 e. The van der Waals surface area contributed by atoms with Gasteiger partial charge < -0.3 is 12.5 Å². The number of amides is 2. The molecule has 0 aliphatic carbocycles. The smallest absolute Gasteiger partial charge is 1.00 e. The van der Waals surface area contributed by atoms with Gasteiger partial charge in [0, 0.05) is 6.04 Å². The van der Waals surface area contributed by atoms with Crippen LogP contribution >= 0.6 is 0 Å². The number of nitrogens with two attached hydrogens (primary N) is 1. The Morgan fingerprint density at radius 1 is 1.47 bits per heavy atom. The van der Waals surface area contributed by atoms with Crippen LogP contribution in [-0.4, -0.2) is 17.9 Å². The first-order chi connectivity index (χ1) is 6.47. The molecule has 0 heterocycles. The zero-order valence-corrected chi connectivity index (χ0v) is 11.7. The van der Waals surface area contributed by atoms with E-state index < -0.39 is 5.91 Å². The van der Waals surface area contributed by atoms with E-state index in [9.17, 15) is 9.59 Å². The van der Waals surface area contributed by atoms with Gasteiger partial charge in [-0.1, -0.05) is 20.1 Å². The van der Waals surface area contributed by atoms with E-state index in [2.05, 4.69) is 24.2 Å². The van der Waals surface area contributed by atoms with E-state index in [1.807, 2.05) is 13.8 Å². The van der Waals surface area contributed by atoms with Gasteiger partial charge >= 0.3 is 29.6 Å². The van der Waals surface area contributed by atoms with E-state index >= 15 is 0 Å². The fourth-order valence-corrected chi connectivity index (χ4v) is 0.404. The summed E-state index contributed by atoms with van der Waals surface area (Å²) < 4.78 is 0. The van der Waals surface area contributed by atoms with Gasteiger partial charge in [-0.15, -0.1) is 0 Å². The number of hydrogen-bond acceptors (Lipinski definition) is 2. The molecule has 0 spiro atoms. The molecular weight excluding hydrogens is 203 g/mol. The normalized spacial score (nSPS) is 9.47. The van der Waals surface area contributed by atoms with Crippen LogP contribution in [0.3, 0.4) is 0 Å². The minimum Gasteiger partial charge on any atom is -1.00 e. The van der Waals surface area contributed by atoms with Crippen molar-refractivity contribution in [3.63, 3.8) is 0 Å². The van der Waals surface area contributed by atoms with Crippen molar-refractivity contribution in [2.24, 2.45) is 5.73 Å². The van der Waals surface area contributed by atoms with Gasteiger partial charge in [0.25, 0.3) is 0 Å². The minimum absolute atomic E-state index is 0. The molecule has 0 aromatic heterocycles. The monoisotopic (exact) mass is 222 g/mol. The van der Waals surface area contributed by atoms with Crippen molar-refractivity contribution < 1.29 is 40.6 Å². The third-order valence-electron chi connectivity index (χ3n) is 1.39. The van der Waals surface area contributed by atoms with Gasteiger partial charge in [-0.3, -0.25) is 9.59 Å². The van der Waals surface area contributed by atoms with Crippen LogP contribution in [0.2, 0.25) is 0 Å². The molecule has 1 unspecified atom stereocenters. The number of carbonyl (C=O) groups excluding carboxylic acids is 2. The second-order valence-electron chi connectivity index (χ2n) is 2.63. The van der Waals surface area contributed by atoms with Crippen molar-refractivity contribution in [1.29, 1.82) is 0 Å². The van der Waals surface area contributed by atoms with Crippen molar-refractivity contribution in [1.82, 2.24) is 5.32 Å². The summed E-state index contributed by atoms with van der Waals surface area (Å²) in [5.74, 6) is -0.575. The molecule has 4 nitrogen and oxygen atoms in total. The van der Waals surface area contributed by atoms with Crippen molar-refractivity contribution in [3.8, 4) is 0 Å². The van der Waals surface area contributed by atoms with Crippen LogP contribution < -0.4 is 40.6 Å². The van der Waals surface area contributed by atoms with Crippen LogP contribution in [-0.2, 0) is 9.59 Å². The Balaban J connectivity index is -0.0000000904. The van der Waals surface area contributed by atoms with E-state index in [0.29, 0.717) is 0 Å². The Labute approximate surface area is 115 Å². The first-order valence-corrected chi connectivity index (χ1v) is 4.32. The Bertz CT molecular complexity index is 223. The maximum atomic E-state index is 10.6. The summed E-state index contributed by atoms with van der Waals surface area (Å²) >= 11 is 0. The molecule has 1 atom stereocenters. The number of rotatable bonds is 4. The van der Waals surface area contributed by atoms with Gasteiger partial charge in [-0.25, -0.2) is 0 Å². The molecule has 0 rings (SSSR count). The van der Waals surface area contributed by atoms with E-state index in [0.717, 1.165) is 12.5 Å². The minimum atomic E-state index is -0.481. The molecule has 0 aliphatic heterocycles. The fraction of sp³-hybridized carbons (Fsp3) is 0.400. The summed E-state index contributed by atoms with van der Waals surface area (Å²) in [6.07, 6.45) is 3.30. The summed E-state index contributed by atoms with van der Waals surface area (Å²) in [4.78, 5) is 20.0. The first-order valence-electron chi connectivity index (χ1n) is 4.32. The molecule has 0 aromatic carbocycles. The molecule has 15 heavy (non-hydrogen) atoms. The van der Waals surface area contributed by atoms with Crippen LogP contribution in [0.25, 0.3) is 0 Å². The number of primary amides is 1. The Morgan fingerprint density at radius 3 is 2.07 bits per heavy atom. The quantitative estimate of drug-likeness (QED) is 0.421. The largest absolute Gasteiger partial charge is 1.00 e. The van der Waals surface area contributed by atoms with Crippen molar-refractivity contribution in [2.75, 3.05) is 0 Å². The summed E-state index contributed by atoms with van der Waals surface area (Å²) in [5.41, 5.74) is 4.53. The standard InChI is InChI=1S/C7H13NO.C3H5NO.Na.H/c1-4-6(3)8-7(9)5-2;1-2-3(4)5;;/h5-6H,2,4H2,1,3H3,(H,8,9);2H,1H2,(H2,4,5);;/q;;+1;-1. The second-order valence-corrected chi connectivity index (χ2v) is 2.63. The molecule has 0 bridgehead atoms. The van der Waals surface area contributed by atoms with E-state index in [1.54, 1.807) is 0 Å². The summed E-state index contributed by atoms with van der Waals surface area (Å²) in [5, 5.41) is 2.72. The molecule has 0 aromatic rings. The Morgan fingerprint density at radius 2 is 1.87 bits per heavy atom. The molecule has 2 amide bonds.